The topological polar surface area (TPSA) is 0 Å². The molecule has 0 saturated carbocycles. The highest BCUT2D eigenvalue weighted by atomic mass is 32.2. The highest BCUT2D eigenvalue weighted by Gasteiger charge is 1.94. The van der Waals surface area contributed by atoms with Gasteiger partial charge in [-0.05, 0) is 11.5 Å². The van der Waals surface area contributed by atoms with Gasteiger partial charge in [-0.1, -0.05) is 6.92 Å². The van der Waals surface area contributed by atoms with E-state index >= 15 is 0 Å². The lowest BCUT2D eigenvalue weighted by Gasteiger charge is -2.03. The Morgan fingerprint density at radius 2 is 0.762 bits per heavy atom. The summed E-state index contributed by atoms with van der Waals surface area (Å²) in [6.07, 6.45) is 0. The van der Waals surface area contributed by atoms with Gasteiger partial charge in [-0.25, -0.2) is 0 Å². The van der Waals surface area contributed by atoms with E-state index in [0.29, 0.717) is 0 Å². The van der Waals surface area contributed by atoms with Crippen molar-refractivity contribution < 1.29 is 0 Å². The molecule has 0 amide bonds. The van der Waals surface area contributed by atoms with E-state index in [0.717, 1.165) is 5.75 Å². The second kappa shape index (κ2) is 22.4. The Morgan fingerprint density at radius 3 is 1.05 bits per heavy atom. The predicted molar refractivity (Wildman–Crippen MR) is 123 cm³/mol. The summed E-state index contributed by atoms with van der Waals surface area (Å²) in [7, 11) is 0. The molecule has 0 aromatic carbocycles. The van der Waals surface area contributed by atoms with E-state index in [-0.39, 0.29) is 0 Å². The van der Waals surface area contributed by atoms with Crippen LogP contribution in [-0.4, -0.2) is 74.8 Å². The van der Waals surface area contributed by atoms with Gasteiger partial charge in [0.2, 0.25) is 0 Å². The van der Waals surface area contributed by atoms with Crippen molar-refractivity contribution in [3.63, 3.8) is 0 Å². The Balaban J connectivity index is 2.90. The molecular weight excluding hydrogens is 393 g/mol. The van der Waals surface area contributed by atoms with Crippen LogP contribution in [0.5, 0.6) is 0 Å². The highest BCUT2D eigenvalue weighted by molar-refractivity contribution is 8.06. The van der Waals surface area contributed by atoms with Crippen molar-refractivity contribution in [2.45, 2.75) is 6.92 Å². The Hall–Kier alpha value is 2.45. The third kappa shape index (κ3) is 22.4. The van der Waals surface area contributed by atoms with Crippen LogP contribution < -0.4 is 0 Å². The summed E-state index contributed by atoms with van der Waals surface area (Å²) in [5.41, 5.74) is 0. The van der Waals surface area contributed by atoms with Gasteiger partial charge in [0.1, 0.15) is 0 Å². The van der Waals surface area contributed by atoms with Crippen LogP contribution in [0, 0.1) is 0 Å². The fourth-order valence-electron chi connectivity index (χ4n) is 1.31. The fourth-order valence-corrected chi connectivity index (χ4v) is 7.85. The zero-order chi connectivity index (χ0) is 15.4. The van der Waals surface area contributed by atoms with Crippen LogP contribution in [0.3, 0.4) is 0 Å². The zero-order valence-corrected chi connectivity index (χ0v) is 18.9. The van der Waals surface area contributed by atoms with Crippen molar-refractivity contribution in [3.8, 4) is 0 Å². The lowest BCUT2D eigenvalue weighted by atomic mass is 10.9. The average molecular weight is 423 g/mol. The molecule has 0 aromatic rings. The van der Waals surface area contributed by atoms with E-state index in [9.17, 15) is 0 Å². The summed E-state index contributed by atoms with van der Waals surface area (Å²) < 4.78 is 0. The molecular formula is C14H30S7. The average Bonchev–Trinajstić information content (AvgIpc) is 2.50. The number of rotatable bonds is 18. The van der Waals surface area contributed by atoms with Gasteiger partial charge < -0.3 is 0 Å². The quantitative estimate of drug-likeness (QED) is 0.232. The van der Waals surface area contributed by atoms with E-state index in [1.807, 2.05) is 11.8 Å². The molecule has 0 fully saturated rings. The molecule has 0 spiro atoms. The van der Waals surface area contributed by atoms with Gasteiger partial charge in [0.25, 0.3) is 0 Å². The summed E-state index contributed by atoms with van der Waals surface area (Å²) in [5, 5.41) is 0. The normalized spacial score (nSPS) is 11.1. The molecule has 0 aromatic heterocycles. The van der Waals surface area contributed by atoms with Gasteiger partial charge >= 0.3 is 0 Å². The SMILES string of the molecule is CCSCCSCCSCCSCCSCCSCCS. The number of thioether (sulfide) groups is 6. The first-order valence-corrected chi connectivity index (χ1v) is 15.0. The monoisotopic (exact) mass is 422 g/mol. The molecule has 0 heterocycles. The molecule has 0 rings (SSSR count). The second-order valence-corrected chi connectivity index (χ2v) is 11.9. The number of hydrogen-bond donors (Lipinski definition) is 1. The van der Waals surface area contributed by atoms with Crippen molar-refractivity contribution in [1.29, 1.82) is 0 Å². The second-order valence-electron chi connectivity index (χ2n) is 3.98. The van der Waals surface area contributed by atoms with Crippen LogP contribution in [0.2, 0.25) is 0 Å². The molecule has 0 aliphatic heterocycles. The maximum Gasteiger partial charge on any atom is 0.00238 e. The fraction of sp³-hybridized carbons (Fsp3) is 1.00. The summed E-state index contributed by atoms with van der Waals surface area (Å²) >= 11 is 16.8. The van der Waals surface area contributed by atoms with Gasteiger partial charge in [0, 0.05) is 63.3 Å². The van der Waals surface area contributed by atoms with Crippen molar-refractivity contribution in [1.82, 2.24) is 0 Å². The maximum atomic E-state index is 4.22. The van der Waals surface area contributed by atoms with Gasteiger partial charge in [-0.15, -0.1) is 0 Å². The number of hydrogen-bond acceptors (Lipinski definition) is 7. The first kappa shape index (κ1) is 23.4. The van der Waals surface area contributed by atoms with Gasteiger partial charge in [0.05, 0.1) is 0 Å². The molecule has 0 atom stereocenters. The third-order valence-electron chi connectivity index (χ3n) is 2.30. The Labute approximate surface area is 163 Å². The van der Waals surface area contributed by atoms with Crippen LogP contribution in [-0.2, 0) is 0 Å². The molecule has 0 N–H and O–H groups in total. The molecule has 0 aliphatic rings. The first-order chi connectivity index (χ1) is 10.4. The lowest BCUT2D eigenvalue weighted by Crippen LogP contribution is -1.95. The molecule has 0 unspecified atom stereocenters. The van der Waals surface area contributed by atoms with E-state index in [1.54, 1.807) is 0 Å². The lowest BCUT2D eigenvalue weighted by molar-refractivity contribution is 1.44. The summed E-state index contributed by atoms with van der Waals surface area (Å²) in [6, 6.07) is 0. The Kier molecular flexibility index (Phi) is 25.1. The van der Waals surface area contributed by atoms with Crippen LogP contribution in [0.25, 0.3) is 0 Å². The third-order valence-corrected chi connectivity index (χ3v) is 9.95. The summed E-state index contributed by atoms with van der Waals surface area (Å²) in [5.74, 6) is 16.7. The van der Waals surface area contributed by atoms with Crippen LogP contribution in [0.1, 0.15) is 6.92 Å². The van der Waals surface area contributed by atoms with E-state index in [2.05, 4.69) is 78.4 Å². The molecule has 21 heavy (non-hydrogen) atoms. The van der Waals surface area contributed by atoms with Gasteiger partial charge in [-0.2, -0.15) is 83.2 Å². The van der Waals surface area contributed by atoms with E-state index in [4.69, 9.17) is 0 Å². The predicted octanol–water partition coefficient (Wildman–Crippen LogP) is 5.34. The minimum absolute atomic E-state index is 1.01. The molecule has 0 saturated heterocycles. The van der Waals surface area contributed by atoms with Crippen molar-refractivity contribution in [2.75, 3.05) is 74.8 Å². The van der Waals surface area contributed by atoms with Crippen LogP contribution >= 0.6 is 83.2 Å². The molecule has 0 nitrogen and oxygen atoms in total. The first-order valence-electron chi connectivity index (χ1n) is 7.49. The molecule has 0 aliphatic carbocycles. The highest BCUT2D eigenvalue weighted by Crippen LogP contribution is 2.13. The van der Waals surface area contributed by atoms with Gasteiger partial charge in [0.15, 0.2) is 0 Å². The molecule has 0 bridgehead atoms. The smallest absolute Gasteiger partial charge is 0.00238 e. The van der Waals surface area contributed by atoms with Crippen molar-refractivity contribution in [2.24, 2.45) is 0 Å². The standard InChI is InChI=1S/C14H30S7/c1-2-16-5-6-18-9-10-20-13-14-21-12-11-19-8-7-17-4-3-15/h15H,2-14H2,1H3. The number of thiol groups is 1. The Morgan fingerprint density at radius 1 is 0.476 bits per heavy atom. The van der Waals surface area contributed by atoms with Crippen LogP contribution in [0.15, 0.2) is 0 Å². The zero-order valence-electron chi connectivity index (χ0n) is 13.1. The largest absolute Gasteiger partial charge is 0.179 e. The van der Waals surface area contributed by atoms with Crippen molar-refractivity contribution in [3.05, 3.63) is 0 Å². The molecule has 128 valence electrons. The Bertz CT molecular complexity index is 163. The van der Waals surface area contributed by atoms with Gasteiger partial charge in [-0.3, -0.25) is 0 Å². The maximum absolute atomic E-state index is 4.22. The van der Waals surface area contributed by atoms with Crippen molar-refractivity contribution >= 4 is 83.2 Å². The molecule has 0 radical (unpaired) electrons. The summed E-state index contributed by atoms with van der Waals surface area (Å²) in [6.45, 7) is 2.24. The van der Waals surface area contributed by atoms with Crippen LogP contribution in [0.4, 0.5) is 0 Å². The minimum atomic E-state index is 1.01. The van der Waals surface area contributed by atoms with E-state index in [1.165, 1.54) is 69.0 Å². The summed E-state index contributed by atoms with van der Waals surface area (Å²) in [4.78, 5) is 0. The minimum Gasteiger partial charge on any atom is -0.179 e. The van der Waals surface area contributed by atoms with E-state index < -0.39 is 0 Å². The molecule has 7 heteroatoms.